The summed E-state index contributed by atoms with van der Waals surface area (Å²) in [5, 5.41) is 10.7. The summed E-state index contributed by atoms with van der Waals surface area (Å²) in [7, 11) is 2.80. The Morgan fingerprint density at radius 3 is 2.24 bits per heavy atom. The topological polar surface area (TPSA) is 116 Å². The third-order valence-electron chi connectivity index (χ3n) is 3.47. The van der Waals surface area contributed by atoms with Crippen molar-refractivity contribution >= 4 is 23.7 Å². The standard InChI is InChI=1S/C16H17FO8/c1-23-11(18)8-16(22,15(21)25-3)12(14(20)24-2)13(19)9-5-4-6-10(17)7-9/h4-7,12,22H,8H2,1-3H3. The molecule has 0 heterocycles. The van der Waals surface area contributed by atoms with E-state index in [4.69, 9.17) is 0 Å². The van der Waals surface area contributed by atoms with Crippen molar-refractivity contribution < 1.29 is 42.9 Å². The molecule has 1 rings (SSSR count). The van der Waals surface area contributed by atoms with Crippen LogP contribution in [0.3, 0.4) is 0 Å². The minimum absolute atomic E-state index is 0.303. The fourth-order valence-corrected chi connectivity index (χ4v) is 2.21. The van der Waals surface area contributed by atoms with E-state index in [0.717, 1.165) is 33.5 Å². The number of benzene rings is 1. The molecular weight excluding hydrogens is 339 g/mol. The Balaban J connectivity index is 3.47. The summed E-state index contributed by atoms with van der Waals surface area (Å²) < 4.78 is 26.6. The second-order valence-electron chi connectivity index (χ2n) is 5.00. The number of hydrogen-bond donors (Lipinski definition) is 1. The van der Waals surface area contributed by atoms with Crippen molar-refractivity contribution in [3.63, 3.8) is 0 Å². The van der Waals surface area contributed by atoms with Crippen LogP contribution in [0, 0.1) is 11.7 Å². The average Bonchev–Trinajstić information content (AvgIpc) is 2.60. The van der Waals surface area contributed by atoms with Gasteiger partial charge in [-0.2, -0.15) is 0 Å². The first-order chi connectivity index (χ1) is 11.7. The lowest BCUT2D eigenvalue weighted by molar-refractivity contribution is -0.179. The number of esters is 3. The van der Waals surface area contributed by atoms with Crippen molar-refractivity contribution in [2.45, 2.75) is 12.0 Å². The Kier molecular flexibility index (Phi) is 6.75. The Hall–Kier alpha value is -2.81. The fraction of sp³-hybridized carbons (Fsp3) is 0.375. The van der Waals surface area contributed by atoms with Crippen LogP contribution in [-0.2, 0) is 28.6 Å². The fourth-order valence-electron chi connectivity index (χ4n) is 2.21. The van der Waals surface area contributed by atoms with E-state index in [9.17, 15) is 28.7 Å². The molecule has 0 aliphatic rings. The van der Waals surface area contributed by atoms with Gasteiger partial charge in [0.25, 0.3) is 0 Å². The van der Waals surface area contributed by atoms with E-state index in [-0.39, 0.29) is 5.56 Å². The predicted molar refractivity (Wildman–Crippen MR) is 79.8 cm³/mol. The number of aliphatic hydroxyl groups is 1. The number of halogens is 1. The van der Waals surface area contributed by atoms with Crippen molar-refractivity contribution in [1.82, 2.24) is 0 Å². The van der Waals surface area contributed by atoms with Gasteiger partial charge in [-0.15, -0.1) is 0 Å². The molecule has 0 saturated carbocycles. The maximum absolute atomic E-state index is 13.4. The Bertz CT molecular complexity index is 686. The molecule has 1 aromatic carbocycles. The molecule has 25 heavy (non-hydrogen) atoms. The number of ketones is 1. The van der Waals surface area contributed by atoms with Gasteiger partial charge in [0.2, 0.25) is 0 Å². The first-order valence-electron chi connectivity index (χ1n) is 6.96. The van der Waals surface area contributed by atoms with Crippen molar-refractivity contribution in [1.29, 1.82) is 0 Å². The molecule has 0 amide bonds. The van der Waals surface area contributed by atoms with Gasteiger partial charge >= 0.3 is 17.9 Å². The van der Waals surface area contributed by atoms with Crippen molar-refractivity contribution in [2.75, 3.05) is 21.3 Å². The molecule has 0 radical (unpaired) electrons. The molecule has 0 saturated heterocycles. The van der Waals surface area contributed by atoms with Crippen LogP contribution in [-0.4, -0.2) is 55.7 Å². The van der Waals surface area contributed by atoms with E-state index in [1.165, 1.54) is 12.1 Å². The molecule has 0 bridgehead atoms. The van der Waals surface area contributed by atoms with Crippen LogP contribution in [0.4, 0.5) is 4.39 Å². The molecule has 9 heteroatoms. The third kappa shape index (κ3) is 4.38. The van der Waals surface area contributed by atoms with E-state index < -0.39 is 47.4 Å². The number of rotatable bonds is 7. The summed E-state index contributed by atoms with van der Waals surface area (Å²) in [6, 6.07) is 4.25. The first-order valence-corrected chi connectivity index (χ1v) is 6.96. The van der Waals surface area contributed by atoms with Crippen LogP contribution in [0.25, 0.3) is 0 Å². The quantitative estimate of drug-likeness (QED) is 0.320. The Morgan fingerprint density at radius 2 is 1.76 bits per heavy atom. The molecule has 0 aliphatic carbocycles. The summed E-state index contributed by atoms with van der Waals surface area (Å²) in [6.45, 7) is 0. The maximum atomic E-state index is 13.4. The minimum Gasteiger partial charge on any atom is -0.469 e. The monoisotopic (exact) mass is 356 g/mol. The third-order valence-corrected chi connectivity index (χ3v) is 3.47. The van der Waals surface area contributed by atoms with Crippen LogP contribution in [0.1, 0.15) is 16.8 Å². The van der Waals surface area contributed by atoms with Gasteiger partial charge < -0.3 is 19.3 Å². The van der Waals surface area contributed by atoms with Gasteiger partial charge in [0.1, 0.15) is 5.82 Å². The number of carbonyl (C=O) groups excluding carboxylic acids is 4. The summed E-state index contributed by atoms with van der Waals surface area (Å²) >= 11 is 0. The molecular formula is C16H17FO8. The molecule has 1 aromatic rings. The van der Waals surface area contributed by atoms with Crippen molar-refractivity contribution in [3.05, 3.63) is 35.6 Å². The molecule has 0 aliphatic heterocycles. The van der Waals surface area contributed by atoms with Crippen LogP contribution >= 0.6 is 0 Å². The second kappa shape index (κ2) is 8.34. The van der Waals surface area contributed by atoms with Gasteiger partial charge in [-0.1, -0.05) is 12.1 Å². The smallest absolute Gasteiger partial charge is 0.339 e. The normalized spacial score (nSPS) is 14.0. The van der Waals surface area contributed by atoms with E-state index >= 15 is 0 Å². The molecule has 0 fully saturated rings. The zero-order valence-electron chi connectivity index (χ0n) is 13.8. The van der Waals surface area contributed by atoms with Gasteiger partial charge in [0, 0.05) is 5.56 Å². The predicted octanol–water partition coefficient (Wildman–Crippen LogP) is 0.265. The highest BCUT2D eigenvalue weighted by Crippen LogP contribution is 2.29. The Labute approximate surface area is 142 Å². The van der Waals surface area contributed by atoms with Gasteiger partial charge in [-0.3, -0.25) is 14.4 Å². The van der Waals surface area contributed by atoms with Gasteiger partial charge in [-0.05, 0) is 12.1 Å². The zero-order chi connectivity index (χ0) is 19.2. The highest BCUT2D eigenvalue weighted by Gasteiger charge is 2.55. The van der Waals surface area contributed by atoms with Gasteiger partial charge in [0.15, 0.2) is 17.3 Å². The molecule has 0 aromatic heterocycles. The molecule has 0 spiro atoms. The Morgan fingerprint density at radius 1 is 1.12 bits per heavy atom. The minimum atomic E-state index is -2.89. The highest BCUT2D eigenvalue weighted by atomic mass is 19.1. The summed E-state index contributed by atoms with van der Waals surface area (Å²) in [4.78, 5) is 48.3. The first kappa shape index (κ1) is 20.2. The van der Waals surface area contributed by atoms with Crippen LogP contribution in [0.2, 0.25) is 0 Å². The van der Waals surface area contributed by atoms with Crippen LogP contribution in [0.5, 0.6) is 0 Å². The van der Waals surface area contributed by atoms with Crippen LogP contribution in [0.15, 0.2) is 24.3 Å². The number of Topliss-reactive ketones (excluding diaryl/α,β-unsaturated/α-hetero) is 1. The molecule has 8 nitrogen and oxygen atoms in total. The zero-order valence-corrected chi connectivity index (χ0v) is 13.8. The molecule has 136 valence electrons. The SMILES string of the molecule is COC(=O)CC(O)(C(=O)OC)C(C(=O)OC)C(=O)c1cccc(F)c1. The summed E-state index contributed by atoms with van der Waals surface area (Å²) in [5.74, 6) is -7.85. The lowest BCUT2D eigenvalue weighted by Crippen LogP contribution is -2.55. The highest BCUT2D eigenvalue weighted by molar-refractivity contribution is 6.13. The number of carbonyl (C=O) groups is 4. The summed E-state index contributed by atoms with van der Waals surface area (Å²) in [6.07, 6.45) is -1.04. The van der Waals surface area contributed by atoms with Crippen molar-refractivity contribution in [2.24, 2.45) is 5.92 Å². The van der Waals surface area contributed by atoms with Crippen LogP contribution < -0.4 is 0 Å². The van der Waals surface area contributed by atoms with Gasteiger partial charge in [-0.25, -0.2) is 9.18 Å². The van der Waals surface area contributed by atoms with E-state index in [1.54, 1.807) is 0 Å². The summed E-state index contributed by atoms with van der Waals surface area (Å²) in [5.41, 5.74) is -3.19. The molecule has 2 unspecified atom stereocenters. The average molecular weight is 356 g/mol. The largest absolute Gasteiger partial charge is 0.469 e. The number of methoxy groups -OCH3 is 3. The lowest BCUT2D eigenvalue weighted by atomic mass is 9.79. The van der Waals surface area contributed by atoms with Crippen molar-refractivity contribution in [3.8, 4) is 0 Å². The molecule has 2 atom stereocenters. The molecule has 1 N–H and O–H groups in total. The van der Waals surface area contributed by atoms with E-state index in [0.29, 0.717) is 0 Å². The van der Waals surface area contributed by atoms with Gasteiger partial charge in [0.05, 0.1) is 27.8 Å². The second-order valence-corrected chi connectivity index (χ2v) is 5.00. The lowest BCUT2D eigenvalue weighted by Gasteiger charge is -2.30. The van der Waals surface area contributed by atoms with E-state index in [1.807, 2.05) is 0 Å². The maximum Gasteiger partial charge on any atom is 0.339 e. The number of hydrogen-bond acceptors (Lipinski definition) is 8. The number of ether oxygens (including phenoxy) is 3. The van der Waals surface area contributed by atoms with E-state index in [2.05, 4.69) is 14.2 Å².